The Hall–Kier alpha value is -3.24. The molecule has 8 nitrogen and oxygen atoms in total. The Bertz CT molecular complexity index is 1280. The van der Waals surface area contributed by atoms with Gasteiger partial charge in [0.25, 0.3) is 0 Å². The van der Waals surface area contributed by atoms with Gasteiger partial charge in [-0.05, 0) is 43.6 Å². The number of pyridine rings is 1. The van der Waals surface area contributed by atoms with Crippen LogP contribution in [0.3, 0.4) is 0 Å². The van der Waals surface area contributed by atoms with Gasteiger partial charge in [0.15, 0.2) is 5.82 Å². The standard InChI is InChI=1S/C24H28F3N7O/c1-12(2)21-23(35)32-20-13(3)30-19(31-22(20)33(21)4)7-14-5-15(6-14)11-34-17-10-28-18(24(25,26)27)8-16(17)9-29-34/h8-10,12,14-15,21H,5-7,11H2,1-4H3,(H,32,35)/t14?,15?,21-/m0/s1. The molecule has 1 atom stereocenters. The van der Waals surface area contributed by atoms with Crippen molar-refractivity contribution in [2.75, 3.05) is 17.3 Å². The van der Waals surface area contributed by atoms with Crippen LogP contribution in [0, 0.1) is 24.7 Å². The molecular formula is C24H28F3N7O. The molecule has 1 aliphatic heterocycles. The summed E-state index contributed by atoms with van der Waals surface area (Å²) in [7, 11) is 1.90. The Kier molecular flexibility index (Phi) is 5.68. The molecule has 0 saturated heterocycles. The molecule has 1 amide bonds. The van der Waals surface area contributed by atoms with Crippen molar-refractivity contribution in [3.8, 4) is 0 Å². The number of anilines is 2. The number of hydrogen-bond acceptors (Lipinski definition) is 6. The summed E-state index contributed by atoms with van der Waals surface area (Å²) in [5, 5.41) is 7.70. The number of alkyl halides is 3. The SMILES string of the molecule is Cc1nc(CC2CC(Cn3ncc4cc(C(F)(F)F)ncc43)C2)nc2c1NC(=O)[C@H](C(C)C)N2C. The third-order valence-electron chi connectivity index (χ3n) is 7.07. The maximum atomic E-state index is 12.9. The molecule has 0 spiro atoms. The number of nitrogens with one attached hydrogen (secondary N) is 1. The molecule has 3 aromatic rings. The number of rotatable bonds is 5. The third kappa shape index (κ3) is 4.32. The zero-order valence-electron chi connectivity index (χ0n) is 20.1. The van der Waals surface area contributed by atoms with E-state index < -0.39 is 11.9 Å². The highest BCUT2D eigenvalue weighted by Crippen LogP contribution is 2.39. The van der Waals surface area contributed by atoms with Gasteiger partial charge < -0.3 is 10.2 Å². The molecule has 3 aromatic heterocycles. The predicted octanol–water partition coefficient (Wildman–Crippen LogP) is 4.23. The maximum Gasteiger partial charge on any atom is 0.433 e. The molecule has 0 unspecified atom stereocenters. The minimum atomic E-state index is -4.47. The molecule has 35 heavy (non-hydrogen) atoms. The first kappa shape index (κ1) is 23.5. The summed E-state index contributed by atoms with van der Waals surface area (Å²) >= 11 is 0. The lowest BCUT2D eigenvalue weighted by Crippen LogP contribution is -2.49. The summed E-state index contributed by atoms with van der Waals surface area (Å²) in [4.78, 5) is 27.5. The molecular weight excluding hydrogens is 459 g/mol. The molecule has 5 rings (SSSR count). The Morgan fingerprint density at radius 1 is 1.17 bits per heavy atom. The largest absolute Gasteiger partial charge is 0.433 e. The second kappa shape index (κ2) is 8.46. The van der Waals surface area contributed by atoms with Gasteiger partial charge in [-0.3, -0.25) is 9.48 Å². The van der Waals surface area contributed by atoms with Crippen LogP contribution in [0.25, 0.3) is 10.9 Å². The van der Waals surface area contributed by atoms with Gasteiger partial charge in [-0.15, -0.1) is 0 Å². The zero-order valence-corrected chi connectivity index (χ0v) is 20.1. The summed E-state index contributed by atoms with van der Waals surface area (Å²) in [6.45, 7) is 6.56. The van der Waals surface area contributed by atoms with E-state index in [1.54, 1.807) is 4.68 Å². The van der Waals surface area contributed by atoms with E-state index in [1.165, 1.54) is 12.4 Å². The van der Waals surface area contributed by atoms with Crippen molar-refractivity contribution in [1.82, 2.24) is 24.7 Å². The van der Waals surface area contributed by atoms with Crippen molar-refractivity contribution in [1.29, 1.82) is 0 Å². The normalized spacial score (nSPS) is 22.3. The first-order chi connectivity index (χ1) is 16.5. The number of fused-ring (bicyclic) bond motifs is 2. The Morgan fingerprint density at radius 3 is 2.60 bits per heavy atom. The number of carbonyl (C=O) groups is 1. The van der Waals surface area contributed by atoms with E-state index >= 15 is 0 Å². The van der Waals surface area contributed by atoms with Crippen molar-refractivity contribution < 1.29 is 18.0 Å². The molecule has 2 aliphatic rings. The smallest absolute Gasteiger partial charge is 0.346 e. The summed E-state index contributed by atoms with van der Waals surface area (Å²) < 4.78 is 40.5. The van der Waals surface area contributed by atoms with Crippen LogP contribution >= 0.6 is 0 Å². The van der Waals surface area contributed by atoms with Gasteiger partial charge in [0.05, 0.1) is 23.6 Å². The van der Waals surface area contributed by atoms with Crippen LogP contribution < -0.4 is 10.2 Å². The fourth-order valence-corrected chi connectivity index (χ4v) is 5.33. The van der Waals surface area contributed by atoms with Crippen LogP contribution in [0.4, 0.5) is 24.7 Å². The van der Waals surface area contributed by atoms with Crippen LogP contribution in [0.15, 0.2) is 18.5 Å². The fraction of sp³-hybridized carbons (Fsp3) is 0.542. The average Bonchev–Trinajstić information content (AvgIpc) is 3.14. The number of aryl methyl sites for hydroxylation is 1. The lowest BCUT2D eigenvalue weighted by atomic mass is 9.73. The van der Waals surface area contributed by atoms with Crippen LogP contribution in [-0.2, 0) is 23.9 Å². The van der Waals surface area contributed by atoms with Crippen LogP contribution in [0.2, 0.25) is 0 Å². The summed E-state index contributed by atoms with van der Waals surface area (Å²) in [6, 6.07) is 0.768. The zero-order chi connectivity index (χ0) is 25.1. The van der Waals surface area contributed by atoms with Gasteiger partial charge >= 0.3 is 6.18 Å². The molecule has 0 aromatic carbocycles. The monoisotopic (exact) mass is 487 g/mol. The first-order valence-electron chi connectivity index (χ1n) is 11.8. The summed E-state index contributed by atoms with van der Waals surface area (Å²) in [6.07, 6.45) is 0.933. The number of aromatic nitrogens is 5. The van der Waals surface area contributed by atoms with Crippen LogP contribution in [0.1, 0.15) is 43.9 Å². The Labute approximate surface area is 201 Å². The highest BCUT2D eigenvalue weighted by molar-refractivity contribution is 6.03. The van der Waals surface area contributed by atoms with Crippen molar-refractivity contribution in [3.63, 3.8) is 0 Å². The van der Waals surface area contributed by atoms with Crippen LogP contribution in [0.5, 0.6) is 0 Å². The number of hydrogen-bond donors (Lipinski definition) is 1. The van der Waals surface area contributed by atoms with Crippen LogP contribution in [-0.4, -0.2) is 43.7 Å². The topological polar surface area (TPSA) is 88.8 Å². The second-order valence-corrected chi connectivity index (χ2v) is 10.1. The van der Waals surface area contributed by atoms with E-state index in [4.69, 9.17) is 4.98 Å². The highest BCUT2D eigenvalue weighted by Gasteiger charge is 2.37. The van der Waals surface area contributed by atoms with E-state index in [1.807, 2.05) is 32.7 Å². The van der Waals surface area contributed by atoms with Gasteiger partial charge in [-0.1, -0.05) is 13.8 Å². The van der Waals surface area contributed by atoms with E-state index in [2.05, 4.69) is 20.4 Å². The summed E-state index contributed by atoms with van der Waals surface area (Å²) in [5.41, 5.74) is 1.15. The molecule has 0 bridgehead atoms. The van der Waals surface area contributed by atoms with Gasteiger partial charge in [-0.2, -0.15) is 18.3 Å². The number of halogens is 3. The van der Waals surface area contributed by atoms with E-state index in [0.717, 1.165) is 42.7 Å². The number of likely N-dealkylation sites (N-methyl/N-ethyl adjacent to an activating group) is 1. The first-order valence-corrected chi connectivity index (χ1v) is 11.8. The molecule has 11 heteroatoms. The lowest BCUT2D eigenvalue weighted by molar-refractivity contribution is -0.141. The molecule has 0 radical (unpaired) electrons. The molecule has 1 N–H and O–H groups in total. The number of amides is 1. The minimum Gasteiger partial charge on any atom is -0.346 e. The molecule has 1 saturated carbocycles. The third-order valence-corrected chi connectivity index (χ3v) is 7.07. The number of nitrogens with zero attached hydrogens (tertiary/aromatic N) is 6. The Morgan fingerprint density at radius 2 is 1.91 bits per heavy atom. The highest BCUT2D eigenvalue weighted by atomic mass is 19.4. The average molecular weight is 488 g/mol. The summed E-state index contributed by atoms with van der Waals surface area (Å²) in [5.74, 6) is 2.45. The van der Waals surface area contributed by atoms with Gasteiger partial charge in [0.1, 0.15) is 23.2 Å². The Balaban J connectivity index is 1.24. The molecule has 1 fully saturated rings. The molecule has 4 heterocycles. The lowest BCUT2D eigenvalue weighted by Gasteiger charge is -2.38. The maximum absolute atomic E-state index is 12.9. The second-order valence-electron chi connectivity index (χ2n) is 10.1. The molecule has 186 valence electrons. The van der Waals surface area contributed by atoms with Gasteiger partial charge in [0, 0.05) is 25.4 Å². The van der Waals surface area contributed by atoms with Crippen molar-refractivity contribution >= 4 is 28.3 Å². The van der Waals surface area contributed by atoms with Crippen molar-refractivity contribution in [3.05, 3.63) is 35.7 Å². The van der Waals surface area contributed by atoms with E-state index in [9.17, 15) is 18.0 Å². The van der Waals surface area contributed by atoms with E-state index in [-0.39, 0.29) is 17.9 Å². The molecule has 1 aliphatic carbocycles. The van der Waals surface area contributed by atoms with Crippen molar-refractivity contribution in [2.24, 2.45) is 17.8 Å². The van der Waals surface area contributed by atoms with Crippen molar-refractivity contribution in [2.45, 2.75) is 58.8 Å². The number of carbonyl (C=O) groups excluding carboxylic acids is 1. The predicted molar refractivity (Wildman–Crippen MR) is 125 cm³/mol. The van der Waals surface area contributed by atoms with E-state index in [0.29, 0.717) is 35.0 Å². The quantitative estimate of drug-likeness (QED) is 0.580. The minimum absolute atomic E-state index is 0.0349. The van der Waals surface area contributed by atoms with Gasteiger partial charge in [-0.25, -0.2) is 15.0 Å². The fourth-order valence-electron chi connectivity index (χ4n) is 5.33. The van der Waals surface area contributed by atoms with Gasteiger partial charge in [0.2, 0.25) is 5.91 Å².